The van der Waals surface area contributed by atoms with Gasteiger partial charge in [-0.25, -0.2) is 9.37 Å². The van der Waals surface area contributed by atoms with Crippen molar-refractivity contribution in [1.82, 2.24) is 9.38 Å². The standard InChI is InChI=1S/C18H18FN3O/c1-10-7-15(12(3)20)17-21-16(11(2)18(23)22(17)9-10)13-5-4-6-14(19)8-13/h4-9,12H,20H2,1-3H3. The van der Waals surface area contributed by atoms with Crippen LogP contribution in [0.4, 0.5) is 4.39 Å². The summed E-state index contributed by atoms with van der Waals surface area (Å²) in [6.45, 7) is 5.46. The van der Waals surface area contributed by atoms with Crippen molar-refractivity contribution < 1.29 is 4.39 Å². The van der Waals surface area contributed by atoms with Crippen molar-refractivity contribution in [2.24, 2.45) is 5.73 Å². The normalized spacial score (nSPS) is 12.6. The maximum Gasteiger partial charge on any atom is 0.261 e. The van der Waals surface area contributed by atoms with Gasteiger partial charge >= 0.3 is 0 Å². The molecule has 0 saturated heterocycles. The van der Waals surface area contributed by atoms with Crippen molar-refractivity contribution in [1.29, 1.82) is 0 Å². The summed E-state index contributed by atoms with van der Waals surface area (Å²) in [6, 6.07) is 7.76. The Labute approximate surface area is 133 Å². The zero-order chi connectivity index (χ0) is 16.7. The maximum absolute atomic E-state index is 13.5. The lowest BCUT2D eigenvalue weighted by molar-refractivity contribution is 0.628. The zero-order valence-electron chi connectivity index (χ0n) is 13.3. The number of halogens is 1. The van der Waals surface area contributed by atoms with E-state index in [9.17, 15) is 9.18 Å². The van der Waals surface area contributed by atoms with E-state index in [0.717, 1.165) is 11.1 Å². The Morgan fingerprint density at radius 2 is 2.00 bits per heavy atom. The Kier molecular flexibility index (Phi) is 3.74. The number of pyridine rings is 1. The Bertz CT molecular complexity index is 960. The molecule has 0 spiro atoms. The molecule has 1 atom stereocenters. The molecule has 0 aliphatic heterocycles. The van der Waals surface area contributed by atoms with E-state index in [-0.39, 0.29) is 17.4 Å². The molecule has 2 aromatic heterocycles. The second-order valence-corrected chi connectivity index (χ2v) is 5.86. The fourth-order valence-electron chi connectivity index (χ4n) is 2.75. The van der Waals surface area contributed by atoms with Gasteiger partial charge in [0.05, 0.1) is 5.69 Å². The highest BCUT2D eigenvalue weighted by atomic mass is 19.1. The van der Waals surface area contributed by atoms with Gasteiger partial charge in [-0.1, -0.05) is 12.1 Å². The predicted molar refractivity (Wildman–Crippen MR) is 88.9 cm³/mol. The zero-order valence-corrected chi connectivity index (χ0v) is 13.3. The molecule has 0 fully saturated rings. The van der Waals surface area contributed by atoms with Crippen LogP contribution >= 0.6 is 0 Å². The minimum atomic E-state index is -0.361. The molecule has 2 N–H and O–H groups in total. The fraction of sp³-hybridized carbons (Fsp3) is 0.222. The average Bonchev–Trinajstić information content (AvgIpc) is 2.50. The smallest absolute Gasteiger partial charge is 0.261 e. The SMILES string of the molecule is Cc1cc(C(C)N)c2nc(-c3cccc(F)c3)c(C)c(=O)n2c1. The first-order valence-corrected chi connectivity index (χ1v) is 7.43. The number of aryl methyl sites for hydroxylation is 1. The van der Waals surface area contributed by atoms with Crippen LogP contribution in [0.25, 0.3) is 16.9 Å². The second kappa shape index (κ2) is 5.59. The Morgan fingerprint density at radius 3 is 2.65 bits per heavy atom. The van der Waals surface area contributed by atoms with E-state index in [1.807, 2.05) is 19.9 Å². The molecule has 5 heteroatoms. The molecule has 0 aliphatic rings. The van der Waals surface area contributed by atoms with Crippen LogP contribution in [0, 0.1) is 19.7 Å². The van der Waals surface area contributed by atoms with Crippen molar-refractivity contribution in [2.45, 2.75) is 26.8 Å². The van der Waals surface area contributed by atoms with E-state index in [2.05, 4.69) is 4.98 Å². The van der Waals surface area contributed by atoms with Crippen LogP contribution in [-0.2, 0) is 0 Å². The molecule has 3 aromatic rings. The number of hydrogen-bond donors (Lipinski definition) is 1. The van der Waals surface area contributed by atoms with Crippen LogP contribution in [0.2, 0.25) is 0 Å². The molecular formula is C18H18FN3O. The Balaban J connectivity index is 2.42. The summed E-state index contributed by atoms with van der Waals surface area (Å²) in [6.07, 6.45) is 1.75. The molecule has 1 unspecified atom stereocenters. The highest BCUT2D eigenvalue weighted by Gasteiger charge is 2.15. The first-order valence-electron chi connectivity index (χ1n) is 7.43. The number of rotatable bonds is 2. The van der Waals surface area contributed by atoms with Crippen molar-refractivity contribution in [3.8, 4) is 11.3 Å². The van der Waals surface area contributed by atoms with Crippen molar-refractivity contribution in [2.75, 3.05) is 0 Å². The quantitative estimate of drug-likeness (QED) is 0.791. The Hall–Kier alpha value is -2.53. The topological polar surface area (TPSA) is 60.4 Å². The summed E-state index contributed by atoms with van der Waals surface area (Å²) >= 11 is 0. The molecule has 0 bridgehead atoms. The number of hydrogen-bond acceptors (Lipinski definition) is 3. The summed E-state index contributed by atoms with van der Waals surface area (Å²) in [5.74, 6) is -0.361. The molecule has 0 saturated carbocycles. The molecule has 0 radical (unpaired) electrons. The fourth-order valence-corrected chi connectivity index (χ4v) is 2.75. The van der Waals surface area contributed by atoms with Gasteiger partial charge in [-0.3, -0.25) is 9.20 Å². The number of benzene rings is 1. The Morgan fingerprint density at radius 1 is 1.26 bits per heavy atom. The number of aromatic nitrogens is 2. The highest BCUT2D eigenvalue weighted by molar-refractivity contribution is 5.66. The third-order valence-electron chi connectivity index (χ3n) is 3.90. The molecule has 1 aromatic carbocycles. The summed E-state index contributed by atoms with van der Waals surface area (Å²) in [5.41, 5.74) is 9.66. The maximum atomic E-state index is 13.5. The van der Waals surface area contributed by atoms with E-state index >= 15 is 0 Å². The van der Waals surface area contributed by atoms with E-state index in [4.69, 9.17) is 5.73 Å². The number of fused-ring (bicyclic) bond motifs is 1. The molecule has 4 nitrogen and oxygen atoms in total. The van der Waals surface area contributed by atoms with E-state index in [1.165, 1.54) is 16.5 Å². The summed E-state index contributed by atoms with van der Waals surface area (Å²) in [5, 5.41) is 0. The van der Waals surface area contributed by atoms with Crippen LogP contribution < -0.4 is 11.3 Å². The van der Waals surface area contributed by atoms with Gasteiger partial charge in [0.15, 0.2) is 0 Å². The number of nitrogens with two attached hydrogens (primary N) is 1. The average molecular weight is 311 g/mol. The largest absolute Gasteiger partial charge is 0.324 e. The first kappa shape index (κ1) is 15.4. The van der Waals surface area contributed by atoms with Gasteiger partial charge in [-0.15, -0.1) is 0 Å². The lowest BCUT2D eigenvalue weighted by Crippen LogP contribution is -2.22. The third-order valence-corrected chi connectivity index (χ3v) is 3.90. The molecule has 2 heterocycles. The van der Waals surface area contributed by atoms with E-state index in [0.29, 0.717) is 22.5 Å². The van der Waals surface area contributed by atoms with Crippen molar-refractivity contribution >= 4 is 5.65 Å². The monoisotopic (exact) mass is 311 g/mol. The van der Waals surface area contributed by atoms with Crippen LogP contribution in [0.1, 0.15) is 29.7 Å². The third kappa shape index (κ3) is 2.64. The summed E-state index contributed by atoms with van der Waals surface area (Å²) in [7, 11) is 0. The van der Waals surface area contributed by atoms with Crippen LogP contribution in [0.5, 0.6) is 0 Å². The van der Waals surface area contributed by atoms with Crippen LogP contribution in [0.15, 0.2) is 41.3 Å². The van der Waals surface area contributed by atoms with Gasteiger partial charge in [0.25, 0.3) is 5.56 Å². The molecule has 0 aliphatic carbocycles. The highest BCUT2D eigenvalue weighted by Crippen LogP contribution is 2.23. The van der Waals surface area contributed by atoms with Gasteiger partial charge in [0.1, 0.15) is 11.5 Å². The molecule has 0 amide bonds. The molecular weight excluding hydrogens is 293 g/mol. The van der Waals surface area contributed by atoms with Crippen LogP contribution in [-0.4, -0.2) is 9.38 Å². The van der Waals surface area contributed by atoms with E-state index < -0.39 is 0 Å². The summed E-state index contributed by atoms with van der Waals surface area (Å²) in [4.78, 5) is 17.3. The minimum Gasteiger partial charge on any atom is -0.324 e. The first-order chi connectivity index (χ1) is 10.9. The van der Waals surface area contributed by atoms with Crippen molar-refractivity contribution in [3.63, 3.8) is 0 Å². The lowest BCUT2D eigenvalue weighted by atomic mass is 10.1. The predicted octanol–water partition coefficient (Wildman–Crippen LogP) is 3.14. The van der Waals surface area contributed by atoms with Gasteiger partial charge in [0.2, 0.25) is 0 Å². The molecule has 23 heavy (non-hydrogen) atoms. The molecule has 118 valence electrons. The van der Waals surface area contributed by atoms with Gasteiger partial charge in [-0.2, -0.15) is 0 Å². The summed E-state index contributed by atoms with van der Waals surface area (Å²) < 4.78 is 15.0. The minimum absolute atomic E-state index is 0.167. The number of nitrogens with zero attached hydrogens (tertiary/aromatic N) is 2. The van der Waals surface area contributed by atoms with Crippen LogP contribution in [0.3, 0.4) is 0 Å². The van der Waals surface area contributed by atoms with E-state index in [1.54, 1.807) is 25.3 Å². The van der Waals surface area contributed by atoms with Crippen molar-refractivity contribution in [3.05, 3.63) is 69.4 Å². The molecule has 3 rings (SSSR count). The second-order valence-electron chi connectivity index (χ2n) is 5.86. The lowest BCUT2D eigenvalue weighted by Gasteiger charge is -2.14. The van der Waals surface area contributed by atoms with Gasteiger partial charge < -0.3 is 5.73 Å². The van der Waals surface area contributed by atoms with Gasteiger partial charge in [-0.05, 0) is 44.5 Å². The van der Waals surface area contributed by atoms with Gasteiger partial charge in [0, 0.05) is 28.9 Å².